The van der Waals surface area contributed by atoms with Gasteiger partial charge in [0, 0.05) is 25.3 Å². The highest BCUT2D eigenvalue weighted by molar-refractivity contribution is 9.10. The molecule has 2 aromatic carbocycles. The van der Waals surface area contributed by atoms with E-state index in [9.17, 15) is 9.59 Å². The molecule has 2 aromatic rings. The van der Waals surface area contributed by atoms with Gasteiger partial charge < -0.3 is 14.2 Å². The van der Waals surface area contributed by atoms with Crippen LogP contribution in [0.3, 0.4) is 0 Å². The van der Waals surface area contributed by atoms with Crippen LogP contribution in [0, 0.1) is 0 Å². The van der Waals surface area contributed by atoms with Crippen molar-refractivity contribution in [1.29, 1.82) is 0 Å². The number of halogens is 2. The van der Waals surface area contributed by atoms with Crippen LogP contribution in [0.4, 0.5) is 4.79 Å². The number of hydrogen-bond donors (Lipinski definition) is 0. The summed E-state index contributed by atoms with van der Waals surface area (Å²) in [7, 11) is 1.59. The molecule has 2 amide bonds. The second kappa shape index (κ2) is 11.7. The van der Waals surface area contributed by atoms with E-state index in [4.69, 9.17) is 25.8 Å². The van der Waals surface area contributed by atoms with E-state index < -0.39 is 0 Å². The molecular formula is C23H23BrClNO5S. The number of benzene rings is 2. The molecule has 1 fully saturated rings. The van der Waals surface area contributed by atoms with Gasteiger partial charge in [0.05, 0.1) is 16.0 Å². The normalized spacial score (nSPS) is 15.0. The van der Waals surface area contributed by atoms with E-state index in [0.717, 1.165) is 22.9 Å². The molecular weight excluding hydrogens is 518 g/mol. The van der Waals surface area contributed by atoms with E-state index >= 15 is 0 Å². The molecule has 6 nitrogen and oxygen atoms in total. The van der Waals surface area contributed by atoms with E-state index in [1.807, 2.05) is 37.3 Å². The Balaban J connectivity index is 1.80. The summed E-state index contributed by atoms with van der Waals surface area (Å²) in [6.45, 7) is 3.50. The van der Waals surface area contributed by atoms with Gasteiger partial charge in [-0.05, 0) is 82.5 Å². The van der Waals surface area contributed by atoms with Crippen molar-refractivity contribution in [2.45, 2.75) is 20.0 Å². The molecule has 1 heterocycles. The molecule has 0 atom stereocenters. The Morgan fingerprint density at radius 2 is 1.91 bits per heavy atom. The first kappa shape index (κ1) is 24.6. The number of methoxy groups -OCH3 is 1. The Morgan fingerprint density at radius 1 is 1.16 bits per heavy atom. The molecule has 170 valence electrons. The molecule has 0 radical (unpaired) electrons. The summed E-state index contributed by atoms with van der Waals surface area (Å²) >= 11 is 10.4. The molecule has 3 rings (SSSR count). The number of rotatable bonds is 10. The Hall–Kier alpha value is -2.00. The van der Waals surface area contributed by atoms with Gasteiger partial charge >= 0.3 is 0 Å². The lowest BCUT2D eigenvalue weighted by molar-refractivity contribution is -0.122. The molecule has 0 aliphatic carbocycles. The lowest BCUT2D eigenvalue weighted by Gasteiger charge is -2.15. The van der Waals surface area contributed by atoms with E-state index in [1.165, 1.54) is 4.90 Å². The summed E-state index contributed by atoms with van der Waals surface area (Å²) in [5.41, 5.74) is 1.69. The standard InChI is InChI=1S/C23H23BrClNO5S/c1-3-30-19-12-16(13-20-22(27)26(23(28)32-20)9-4-10-29-2)11-18(24)21(19)31-14-15-5-7-17(25)8-6-15/h5-8,11-13H,3-4,9-10,14H2,1-2H3/b20-13+. The fourth-order valence-corrected chi connectivity index (χ4v) is 4.59. The van der Waals surface area contributed by atoms with Crippen molar-refractivity contribution in [3.63, 3.8) is 0 Å². The minimum atomic E-state index is -0.298. The molecule has 1 saturated heterocycles. The highest BCUT2D eigenvalue weighted by atomic mass is 79.9. The SMILES string of the molecule is CCOc1cc(/C=C2/SC(=O)N(CCCOC)C2=O)cc(Br)c1OCc1ccc(Cl)cc1. The van der Waals surface area contributed by atoms with Crippen LogP contribution < -0.4 is 9.47 Å². The van der Waals surface area contributed by atoms with Crippen molar-refractivity contribution in [3.8, 4) is 11.5 Å². The van der Waals surface area contributed by atoms with Crippen LogP contribution >= 0.6 is 39.3 Å². The number of carbonyl (C=O) groups excluding carboxylic acids is 2. The van der Waals surface area contributed by atoms with Crippen LogP contribution in [0.15, 0.2) is 45.8 Å². The lowest BCUT2D eigenvalue weighted by atomic mass is 10.1. The molecule has 0 N–H and O–H groups in total. The van der Waals surface area contributed by atoms with Gasteiger partial charge in [0.2, 0.25) is 0 Å². The second-order valence-electron chi connectivity index (χ2n) is 6.86. The number of imide groups is 1. The van der Waals surface area contributed by atoms with Crippen molar-refractivity contribution in [2.75, 3.05) is 26.9 Å². The first-order chi connectivity index (χ1) is 15.4. The molecule has 32 heavy (non-hydrogen) atoms. The molecule has 1 aliphatic heterocycles. The Bertz CT molecular complexity index is 1010. The zero-order valence-corrected chi connectivity index (χ0v) is 20.9. The Kier molecular flexibility index (Phi) is 9.04. The van der Waals surface area contributed by atoms with Crippen molar-refractivity contribution >= 4 is 56.5 Å². The third-order valence-electron chi connectivity index (χ3n) is 4.53. The predicted molar refractivity (Wildman–Crippen MR) is 130 cm³/mol. The zero-order valence-electron chi connectivity index (χ0n) is 17.7. The van der Waals surface area contributed by atoms with Gasteiger partial charge in [-0.1, -0.05) is 23.7 Å². The van der Waals surface area contributed by atoms with Gasteiger partial charge in [-0.2, -0.15) is 0 Å². The maximum Gasteiger partial charge on any atom is 0.293 e. The summed E-state index contributed by atoms with van der Waals surface area (Å²) in [5.74, 6) is 0.807. The Morgan fingerprint density at radius 3 is 2.59 bits per heavy atom. The minimum absolute atomic E-state index is 0.274. The summed E-state index contributed by atoms with van der Waals surface area (Å²) < 4.78 is 17.5. The van der Waals surface area contributed by atoms with Gasteiger partial charge in [-0.25, -0.2) is 0 Å². The highest BCUT2D eigenvalue weighted by Crippen LogP contribution is 2.39. The largest absolute Gasteiger partial charge is 0.490 e. The fourth-order valence-electron chi connectivity index (χ4n) is 3.02. The van der Waals surface area contributed by atoms with Crippen molar-refractivity contribution < 1.29 is 23.8 Å². The molecule has 0 unspecified atom stereocenters. The number of hydrogen-bond acceptors (Lipinski definition) is 6. The van der Waals surface area contributed by atoms with E-state index in [1.54, 1.807) is 19.3 Å². The summed E-state index contributed by atoms with van der Waals surface area (Å²) in [4.78, 5) is 26.5. The maximum atomic E-state index is 12.7. The molecule has 0 spiro atoms. The van der Waals surface area contributed by atoms with Gasteiger partial charge in [-0.15, -0.1) is 0 Å². The summed E-state index contributed by atoms with van der Waals surface area (Å²) in [6, 6.07) is 11.0. The van der Waals surface area contributed by atoms with Gasteiger partial charge in [0.25, 0.3) is 11.1 Å². The van der Waals surface area contributed by atoms with Gasteiger partial charge in [0.1, 0.15) is 6.61 Å². The number of amides is 2. The van der Waals surface area contributed by atoms with Gasteiger partial charge in [-0.3, -0.25) is 14.5 Å². The lowest BCUT2D eigenvalue weighted by Crippen LogP contribution is -2.29. The second-order valence-corrected chi connectivity index (χ2v) is 9.14. The van der Waals surface area contributed by atoms with Crippen LogP contribution in [0.25, 0.3) is 6.08 Å². The van der Waals surface area contributed by atoms with Crippen LogP contribution in [0.5, 0.6) is 11.5 Å². The molecule has 0 saturated carbocycles. The zero-order chi connectivity index (χ0) is 23.1. The van der Waals surface area contributed by atoms with Crippen molar-refractivity contribution in [1.82, 2.24) is 4.90 Å². The maximum absolute atomic E-state index is 12.7. The average Bonchev–Trinajstić information content (AvgIpc) is 3.02. The fraction of sp³-hybridized carbons (Fsp3) is 0.304. The highest BCUT2D eigenvalue weighted by Gasteiger charge is 2.34. The minimum Gasteiger partial charge on any atom is -0.490 e. The summed E-state index contributed by atoms with van der Waals surface area (Å²) in [6.07, 6.45) is 2.29. The average molecular weight is 541 g/mol. The summed E-state index contributed by atoms with van der Waals surface area (Å²) in [5, 5.41) is 0.391. The van der Waals surface area contributed by atoms with Crippen LogP contribution in [-0.2, 0) is 16.1 Å². The number of carbonyl (C=O) groups is 2. The monoisotopic (exact) mass is 539 g/mol. The van der Waals surface area contributed by atoms with E-state index in [-0.39, 0.29) is 11.1 Å². The van der Waals surface area contributed by atoms with Crippen molar-refractivity contribution in [3.05, 3.63) is 61.9 Å². The number of ether oxygens (including phenoxy) is 3. The van der Waals surface area contributed by atoms with Gasteiger partial charge in [0.15, 0.2) is 11.5 Å². The van der Waals surface area contributed by atoms with Crippen LogP contribution in [-0.4, -0.2) is 42.9 Å². The third-order valence-corrected chi connectivity index (χ3v) is 6.28. The third kappa shape index (κ3) is 6.28. The number of thioether (sulfide) groups is 1. The first-order valence-electron chi connectivity index (χ1n) is 10.0. The smallest absolute Gasteiger partial charge is 0.293 e. The predicted octanol–water partition coefficient (Wildman–Crippen LogP) is 6.15. The molecule has 1 aliphatic rings. The molecule has 0 aromatic heterocycles. The molecule has 0 bridgehead atoms. The first-order valence-corrected chi connectivity index (χ1v) is 12.0. The van der Waals surface area contributed by atoms with Crippen LogP contribution in [0.1, 0.15) is 24.5 Å². The molecule has 9 heteroatoms. The van der Waals surface area contributed by atoms with E-state index in [0.29, 0.717) is 58.7 Å². The van der Waals surface area contributed by atoms with E-state index in [2.05, 4.69) is 15.9 Å². The van der Waals surface area contributed by atoms with Crippen molar-refractivity contribution in [2.24, 2.45) is 0 Å². The quantitative estimate of drug-likeness (QED) is 0.266. The topological polar surface area (TPSA) is 65.1 Å². The number of nitrogens with zero attached hydrogens (tertiary/aromatic N) is 1. The van der Waals surface area contributed by atoms with Crippen LogP contribution in [0.2, 0.25) is 5.02 Å². The Labute approximate surface area is 205 Å².